The van der Waals surface area contributed by atoms with E-state index < -0.39 is 0 Å². The number of aromatic nitrogens is 1. The van der Waals surface area contributed by atoms with E-state index in [1.54, 1.807) is 0 Å². The molecule has 0 atom stereocenters. The SMILES string of the molecule is Cc1cc2oc(=O)cc(C)c2c2cc[nH]c12. The Hall–Kier alpha value is -2.03. The van der Waals surface area contributed by atoms with E-state index in [-0.39, 0.29) is 5.63 Å². The van der Waals surface area contributed by atoms with Crippen LogP contribution < -0.4 is 5.63 Å². The van der Waals surface area contributed by atoms with Crippen LogP contribution in [0.2, 0.25) is 0 Å². The first-order chi connectivity index (χ1) is 7.66. The minimum atomic E-state index is -0.292. The van der Waals surface area contributed by atoms with Crippen molar-refractivity contribution in [1.82, 2.24) is 4.98 Å². The molecule has 16 heavy (non-hydrogen) atoms. The first-order valence-corrected chi connectivity index (χ1v) is 5.18. The maximum atomic E-state index is 11.3. The highest BCUT2D eigenvalue weighted by molar-refractivity contribution is 6.07. The van der Waals surface area contributed by atoms with Gasteiger partial charge >= 0.3 is 5.63 Å². The van der Waals surface area contributed by atoms with Gasteiger partial charge in [-0.15, -0.1) is 0 Å². The lowest BCUT2D eigenvalue weighted by Gasteiger charge is -2.04. The zero-order chi connectivity index (χ0) is 11.3. The Kier molecular flexibility index (Phi) is 1.72. The molecule has 2 aromatic heterocycles. The highest BCUT2D eigenvalue weighted by Crippen LogP contribution is 2.28. The van der Waals surface area contributed by atoms with Gasteiger partial charge in [0.2, 0.25) is 0 Å². The molecule has 0 unspecified atom stereocenters. The van der Waals surface area contributed by atoms with Crippen molar-refractivity contribution in [3.8, 4) is 0 Å². The zero-order valence-corrected chi connectivity index (χ0v) is 9.13. The van der Waals surface area contributed by atoms with E-state index in [9.17, 15) is 4.79 Å². The molecule has 0 radical (unpaired) electrons. The average Bonchev–Trinajstić information content (AvgIpc) is 2.65. The lowest BCUT2D eigenvalue weighted by molar-refractivity contribution is 0.560. The van der Waals surface area contributed by atoms with Crippen LogP contribution in [0.15, 0.2) is 33.6 Å². The first kappa shape index (κ1) is 9.21. The van der Waals surface area contributed by atoms with Gasteiger partial charge in [-0.25, -0.2) is 4.79 Å². The summed E-state index contributed by atoms with van der Waals surface area (Å²) in [6.45, 7) is 3.93. The second-order valence-electron chi connectivity index (χ2n) is 4.08. The van der Waals surface area contributed by atoms with E-state index in [0.717, 1.165) is 27.4 Å². The van der Waals surface area contributed by atoms with Crippen molar-refractivity contribution in [1.29, 1.82) is 0 Å². The van der Waals surface area contributed by atoms with Crippen LogP contribution >= 0.6 is 0 Å². The number of H-pyrrole nitrogens is 1. The fraction of sp³-hybridized carbons (Fsp3) is 0.154. The average molecular weight is 213 g/mol. The minimum absolute atomic E-state index is 0.292. The summed E-state index contributed by atoms with van der Waals surface area (Å²) in [5.74, 6) is 0. The molecular weight excluding hydrogens is 202 g/mol. The van der Waals surface area contributed by atoms with Crippen LogP contribution in [0.1, 0.15) is 11.1 Å². The van der Waals surface area contributed by atoms with Gasteiger partial charge in [0.25, 0.3) is 0 Å². The molecular formula is C13H11NO2. The largest absolute Gasteiger partial charge is 0.423 e. The smallest absolute Gasteiger partial charge is 0.336 e. The Bertz CT molecular complexity index is 750. The highest BCUT2D eigenvalue weighted by Gasteiger charge is 2.09. The number of hydrogen-bond donors (Lipinski definition) is 1. The van der Waals surface area contributed by atoms with E-state index in [2.05, 4.69) is 4.98 Å². The topological polar surface area (TPSA) is 46.0 Å². The van der Waals surface area contributed by atoms with Crippen LogP contribution in [0.4, 0.5) is 0 Å². The van der Waals surface area contributed by atoms with Crippen LogP contribution in [-0.2, 0) is 0 Å². The molecule has 0 aliphatic heterocycles. The Labute approximate surface area is 91.7 Å². The van der Waals surface area contributed by atoms with E-state index in [4.69, 9.17) is 4.42 Å². The summed E-state index contributed by atoms with van der Waals surface area (Å²) in [7, 11) is 0. The quantitative estimate of drug-likeness (QED) is 0.583. The summed E-state index contributed by atoms with van der Waals surface area (Å²) in [4.78, 5) is 14.5. The van der Waals surface area contributed by atoms with Gasteiger partial charge in [0.15, 0.2) is 0 Å². The third-order valence-corrected chi connectivity index (χ3v) is 2.94. The molecule has 3 aromatic rings. The maximum absolute atomic E-state index is 11.3. The standard InChI is InChI=1S/C13H11NO2/c1-7-6-11(15)16-10-5-8(2)13-9(12(7)10)3-4-14-13/h3-6,14H,1-2H3. The molecule has 3 heteroatoms. The number of benzene rings is 1. The monoisotopic (exact) mass is 213 g/mol. The summed E-state index contributed by atoms with van der Waals surface area (Å²) in [6, 6.07) is 5.45. The number of aryl methyl sites for hydroxylation is 2. The second-order valence-corrected chi connectivity index (χ2v) is 4.08. The molecule has 3 rings (SSSR count). The first-order valence-electron chi connectivity index (χ1n) is 5.18. The summed E-state index contributed by atoms with van der Waals surface area (Å²) < 4.78 is 5.23. The summed E-state index contributed by atoms with van der Waals surface area (Å²) in [5.41, 5.74) is 3.51. The fourth-order valence-corrected chi connectivity index (χ4v) is 2.25. The fourth-order valence-electron chi connectivity index (χ4n) is 2.25. The van der Waals surface area contributed by atoms with Gasteiger partial charge in [-0.1, -0.05) is 0 Å². The Morgan fingerprint density at radius 3 is 2.81 bits per heavy atom. The van der Waals surface area contributed by atoms with Gasteiger partial charge in [-0.2, -0.15) is 0 Å². The zero-order valence-electron chi connectivity index (χ0n) is 9.13. The highest BCUT2D eigenvalue weighted by atomic mass is 16.4. The molecule has 2 heterocycles. The number of nitrogens with one attached hydrogen (secondary N) is 1. The van der Waals surface area contributed by atoms with Gasteiger partial charge in [-0.05, 0) is 37.1 Å². The van der Waals surface area contributed by atoms with Crippen LogP contribution in [0.25, 0.3) is 21.9 Å². The minimum Gasteiger partial charge on any atom is -0.423 e. The number of fused-ring (bicyclic) bond motifs is 3. The maximum Gasteiger partial charge on any atom is 0.336 e. The molecule has 0 bridgehead atoms. The van der Waals surface area contributed by atoms with E-state index in [0.29, 0.717) is 5.58 Å². The Balaban J connectivity index is 2.69. The molecule has 0 fully saturated rings. The van der Waals surface area contributed by atoms with Crippen LogP contribution in [0.3, 0.4) is 0 Å². The second kappa shape index (κ2) is 2.98. The van der Waals surface area contributed by atoms with Crippen molar-refractivity contribution < 1.29 is 4.42 Å². The van der Waals surface area contributed by atoms with Gasteiger partial charge in [0.05, 0.1) is 0 Å². The summed E-state index contributed by atoms with van der Waals surface area (Å²) >= 11 is 0. The van der Waals surface area contributed by atoms with Gasteiger partial charge in [0.1, 0.15) is 5.58 Å². The summed E-state index contributed by atoms with van der Waals surface area (Å²) in [5, 5.41) is 2.12. The van der Waals surface area contributed by atoms with Gasteiger partial charge < -0.3 is 9.40 Å². The molecule has 3 nitrogen and oxygen atoms in total. The lowest BCUT2D eigenvalue weighted by atomic mass is 10.0. The van der Waals surface area contributed by atoms with Crippen molar-refractivity contribution in [2.24, 2.45) is 0 Å². The summed E-state index contributed by atoms with van der Waals surface area (Å²) in [6.07, 6.45) is 1.90. The van der Waals surface area contributed by atoms with Crippen LogP contribution in [0, 0.1) is 13.8 Å². The predicted octanol–water partition coefficient (Wildman–Crippen LogP) is 2.89. The van der Waals surface area contributed by atoms with Gasteiger partial charge in [0, 0.05) is 28.6 Å². The normalized spacial score (nSPS) is 11.4. The van der Waals surface area contributed by atoms with Crippen molar-refractivity contribution in [3.63, 3.8) is 0 Å². The van der Waals surface area contributed by atoms with Crippen LogP contribution in [-0.4, -0.2) is 4.98 Å². The molecule has 0 aliphatic carbocycles. The molecule has 80 valence electrons. The van der Waals surface area contributed by atoms with Gasteiger partial charge in [-0.3, -0.25) is 0 Å². The number of aromatic amines is 1. The van der Waals surface area contributed by atoms with Crippen molar-refractivity contribution in [2.75, 3.05) is 0 Å². The molecule has 0 saturated heterocycles. The van der Waals surface area contributed by atoms with Crippen molar-refractivity contribution in [3.05, 3.63) is 45.9 Å². The Morgan fingerprint density at radius 2 is 2.00 bits per heavy atom. The van der Waals surface area contributed by atoms with E-state index >= 15 is 0 Å². The third kappa shape index (κ3) is 1.11. The predicted molar refractivity (Wildman–Crippen MR) is 63.8 cm³/mol. The van der Waals surface area contributed by atoms with Crippen molar-refractivity contribution in [2.45, 2.75) is 13.8 Å². The molecule has 0 aliphatic rings. The van der Waals surface area contributed by atoms with Crippen LogP contribution in [0.5, 0.6) is 0 Å². The van der Waals surface area contributed by atoms with Crippen molar-refractivity contribution >= 4 is 21.9 Å². The third-order valence-electron chi connectivity index (χ3n) is 2.94. The molecule has 1 aromatic carbocycles. The molecule has 1 N–H and O–H groups in total. The Morgan fingerprint density at radius 1 is 1.19 bits per heavy atom. The molecule has 0 spiro atoms. The van der Waals surface area contributed by atoms with E-state index in [1.165, 1.54) is 6.07 Å². The lowest BCUT2D eigenvalue weighted by Crippen LogP contribution is -1.98. The molecule has 0 amide bonds. The van der Waals surface area contributed by atoms with E-state index in [1.807, 2.05) is 32.2 Å². The number of rotatable bonds is 0. The number of hydrogen-bond acceptors (Lipinski definition) is 2. The molecule has 0 saturated carbocycles.